The number of aliphatic imine (C=N–C) groups is 1. The number of methoxy groups -OCH3 is 3. The second-order valence-electron chi connectivity index (χ2n) is 6.96. The quantitative estimate of drug-likeness (QED) is 0.516. The van der Waals surface area contributed by atoms with Crippen LogP contribution in [0.25, 0.3) is 0 Å². The van der Waals surface area contributed by atoms with Crippen LogP contribution in [0.4, 0.5) is 0 Å². The van der Waals surface area contributed by atoms with Crippen LogP contribution in [-0.4, -0.2) is 75.0 Å². The lowest BCUT2D eigenvalue weighted by Gasteiger charge is -2.36. The van der Waals surface area contributed by atoms with Crippen LogP contribution >= 0.6 is 0 Å². The molecule has 1 aliphatic rings. The maximum absolute atomic E-state index is 5.47. The van der Waals surface area contributed by atoms with Gasteiger partial charge in [-0.15, -0.1) is 0 Å². The first-order chi connectivity index (χ1) is 14.7. The van der Waals surface area contributed by atoms with Gasteiger partial charge in [0.1, 0.15) is 12.0 Å². The average Bonchev–Trinajstić information content (AvgIpc) is 3.30. The summed E-state index contributed by atoms with van der Waals surface area (Å²) in [6.45, 7) is 7.89. The van der Waals surface area contributed by atoms with Crippen LogP contribution < -0.4 is 19.5 Å². The Morgan fingerprint density at radius 1 is 1.10 bits per heavy atom. The fourth-order valence-electron chi connectivity index (χ4n) is 3.50. The van der Waals surface area contributed by atoms with E-state index < -0.39 is 0 Å². The Hall–Kier alpha value is -2.94. The zero-order valence-electron chi connectivity index (χ0n) is 18.2. The van der Waals surface area contributed by atoms with Gasteiger partial charge >= 0.3 is 0 Å². The van der Waals surface area contributed by atoms with Crippen molar-refractivity contribution in [2.75, 3.05) is 54.1 Å². The third-order valence-corrected chi connectivity index (χ3v) is 5.02. The fourth-order valence-corrected chi connectivity index (χ4v) is 3.50. The Labute approximate surface area is 177 Å². The van der Waals surface area contributed by atoms with E-state index in [4.69, 9.17) is 23.7 Å². The second kappa shape index (κ2) is 10.7. The standard InChI is InChI=1S/C21H31N5O4/c1-5-22-21(23-14-17-6-11-30-24-17)26-9-7-25(8-10-26)15-16-12-18(27-2)20(29-4)19(13-16)28-3/h6,11-13H,5,7-10,14-15H2,1-4H3,(H,22,23). The Morgan fingerprint density at radius 3 is 2.33 bits per heavy atom. The van der Waals surface area contributed by atoms with E-state index in [1.807, 2.05) is 18.2 Å². The number of ether oxygens (including phenoxy) is 3. The Bertz CT molecular complexity index is 792. The van der Waals surface area contributed by atoms with Crippen molar-refractivity contribution in [1.29, 1.82) is 0 Å². The largest absolute Gasteiger partial charge is 0.493 e. The lowest BCUT2D eigenvalue weighted by atomic mass is 10.1. The number of guanidine groups is 1. The van der Waals surface area contributed by atoms with Gasteiger partial charge in [-0.1, -0.05) is 5.16 Å². The summed E-state index contributed by atoms with van der Waals surface area (Å²) in [7, 11) is 4.90. The summed E-state index contributed by atoms with van der Waals surface area (Å²) in [6, 6.07) is 5.86. The molecule has 0 saturated carbocycles. The van der Waals surface area contributed by atoms with E-state index in [9.17, 15) is 0 Å². The molecule has 0 unspecified atom stereocenters. The van der Waals surface area contributed by atoms with Crippen molar-refractivity contribution in [3.8, 4) is 17.2 Å². The molecule has 2 aromatic rings. The van der Waals surface area contributed by atoms with Crippen molar-refractivity contribution in [1.82, 2.24) is 20.3 Å². The molecule has 9 heteroatoms. The van der Waals surface area contributed by atoms with Crippen molar-refractivity contribution in [3.63, 3.8) is 0 Å². The molecular weight excluding hydrogens is 386 g/mol. The van der Waals surface area contributed by atoms with Gasteiger partial charge in [0.15, 0.2) is 17.5 Å². The minimum atomic E-state index is 0.504. The molecule has 1 aromatic heterocycles. The van der Waals surface area contributed by atoms with E-state index >= 15 is 0 Å². The van der Waals surface area contributed by atoms with E-state index in [1.165, 1.54) is 0 Å². The summed E-state index contributed by atoms with van der Waals surface area (Å²) in [6.07, 6.45) is 1.57. The highest BCUT2D eigenvalue weighted by Gasteiger charge is 2.21. The van der Waals surface area contributed by atoms with E-state index in [2.05, 4.69) is 27.2 Å². The third-order valence-electron chi connectivity index (χ3n) is 5.02. The van der Waals surface area contributed by atoms with Crippen molar-refractivity contribution < 1.29 is 18.7 Å². The third kappa shape index (κ3) is 5.35. The molecule has 0 radical (unpaired) electrons. The van der Waals surface area contributed by atoms with Crippen LogP contribution in [-0.2, 0) is 13.1 Å². The molecule has 9 nitrogen and oxygen atoms in total. The smallest absolute Gasteiger partial charge is 0.203 e. The summed E-state index contributed by atoms with van der Waals surface area (Å²) in [5.41, 5.74) is 1.95. The van der Waals surface area contributed by atoms with Crippen molar-refractivity contribution >= 4 is 5.96 Å². The molecule has 2 heterocycles. The van der Waals surface area contributed by atoms with E-state index in [0.29, 0.717) is 23.8 Å². The summed E-state index contributed by atoms with van der Waals surface area (Å²) in [5.74, 6) is 2.89. The molecule has 164 valence electrons. The van der Waals surface area contributed by atoms with Gasteiger partial charge < -0.3 is 29.0 Å². The van der Waals surface area contributed by atoms with Gasteiger partial charge in [0.05, 0.1) is 27.9 Å². The van der Waals surface area contributed by atoms with Gasteiger partial charge in [-0.25, -0.2) is 4.99 Å². The van der Waals surface area contributed by atoms with Crippen LogP contribution in [0.3, 0.4) is 0 Å². The number of hydrogen-bond acceptors (Lipinski definition) is 7. The van der Waals surface area contributed by atoms with Crippen molar-refractivity contribution in [2.24, 2.45) is 4.99 Å². The summed E-state index contributed by atoms with van der Waals surface area (Å²) in [5, 5.41) is 7.30. The summed E-state index contributed by atoms with van der Waals surface area (Å²) >= 11 is 0. The molecular formula is C21H31N5O4. The number of aromatic nitrogens is 1. The number of hydrogen-bond donors (Lipinski definition) is 1. The first-order valence-electron chi connectivity index (χ1n) is 10.1. The van der Waals surface area contributed by atoms with Crippen LogP contribution in [0.15, 0.2) is 34.0 Å². The molecule has 0 amide bonds. The molecule has 1 N–H and O–H groups in total. The molecule has 30 heavy (non-hydrogen) atoms. The Morgan fingerprint density at radius 2 is 1.80 bits per heavy atom. The highest BCUT2D eigenvalue weighted by atomic mass is 16.5. The number of nitrogens with one attached hydrogen (secondary N) is 1. The SMILES string of the molecule is CCNC(=NCc1ccon1)N1CCN(Cc2cc(OC)c(OC)c(OC)c2)CC1. The number of benzene rings is 1. The monoisotopic (exact) mass is 417 g/mol. The molecule has 1 saturated heterocycles. The normalized spacial score (nSPS) is 15.2. The zero-order chi connectivity index (χ0) is 21.3. The molecule has 1 aromatic carbocycles. The van der Waals surface area contributed by atoms with Gasteiger partial charge in [-0.2, -0.15) is 0 Å². The minimum absolute atomic E-state index is 0.504. The highest BCUT2D eigenvalue weighted by molar-refractivity contribution is 5.80. The predicted octanol–water partition coefficient (Wildman–Crippen LogP) is 1.98. The van der Waals surface area contributed by atoms with Crippen LogP contribution in [0.2, 0.25) is 0 Å². The topological polar surface area (TPSA) is 84.6 Å². The number of rotatable bonds is 8. The Balaban J connectivity index is 1.61. The first kappa shape index (κ1) is 21.8. The van der Waals surface area contributed by atoms with Gasteiger partial charge in [-0.05, 0) is 24.6 Å². The summed E-state index contributed by atoms with van der Waals surface area (Å²) < 4.78 is 21.2. The fraction of sp³-hybridized carbons (Fsp3) is 0.524. The number of nitrogens with zero attached hydrogens (tertiary/aromatic N) is 4. The average molecular weight is 418 g/mol. The molecule has 3 rings (SSSR count). The van der Waals surface area contributed by atoms with Crippen molar-refractivity contribution in [3.05, 3.63) is 35.7 Å². The van der Waals surface area contributed by atoms with Gasteiger partial charge in [0.25, 0.3) is 0 Å². The molecule has 0 spiro atoms. The zero-order valence-corrected chi connectivity index (χ0v) is 18.2. The predicted molar refractivity (Wildman–Crippen MR) is 114 cm³/mol. The molecule has 1 aliphatic heterocycles. The molecule has 0 aliphatic carbocycles. The van der Waals surface area contributed by atoms with Gasteiger partial charge in [-0.3, -0.25) is 4.90 Å². The first-order valence-corrected chi connectivity index (χ1v) is 10.1. The molecule has 0 atom stereocenters. The maximum atomic E-state index is 5.47. The highest BCUT2D eigenvalue weighted by Crippen LogP contribution is 2.38. The van der Waals surface area contributed by atoms with Gasteiger partial charge in [0.2, 0.25) is 5.75 Å². The van der Waals surface area contributed by atoms with Gasteiger partial charge in [0, 0.05) is 45.3 Å². The van der Waals surface area contributed by atoms with E-state index in [-0.39, 0.29) is 0 Å². The summed E-state index contributed by atoms with van der Waals surface area (Å²) in [4.78, 5) is 9.40. The van der Waals surface area contributed by atoms with Crippen LogP contribution in [0.1, 0.15) is 18.2 Å². The lowest BCUT2D eigenvalue weighted by Crippen LogP contribution is -2.52. The molecule has 0 bridgehead atoms. The Kier molecular flexibility index (Phi) is 7.78. The molecule has 1 fully saturated rings. The van der Waals surface area contributed by atoms with Crippen LogP contribution in [0, 0.1) is 0 Å². The van der Waals surface area contributed by atoms with Crippen molar-refractivity contribution in [2.45, 2.75) is 20.0 Å². The van der Waals surface area contributed by atoms with E-state index in [0.717, 1.165) is 56.5 Å². The number of piperazine rings is 1. The second-order valence-corrected chi connectivity index (χ2v) is 6.96. The maximum Gasteiger partial charge on any atom is 0.203 e. The lowest BCUT2D eigenvalue weighted by molar-refractivity contribution is 0.172. The van der Waals surface area contributed by atoms with E-state index in [1.54, 1.807) is 27.6 Å². The minimum Gasteiger partial charge on any atom is -0.493 e. The van der Waals surface area contributed by atoms with Crippen LogP contribution in [0.5, 0.6) is 17.2 Å².